The summed E-state index contributed by atoms with van der Waals surface area (Å²) in [6, 6.07) is 5.32. The Morgan fingerprint density at radius 3 is 2.80 bits per heavy atom. The number of hydrogen-bond acceptors (Lipinski definition) is 4. The van der Waals surface area contributed by atoms with Crippen LogP contribution < -0.4 is 0 Å². The van der Waals surface area contributed by atoms with E-state index >= 15 is 0 Å². The van der Waals surface area contributed by atoms with Crippen molar-refractivity contribution in [1.82, 2.24) is 0 Å². The molecule has 0 N–H and O–H groups in total. The molecule has 2 atom stereocenters. The highest BCUT2D eigenvalue weighted by Crippen LogP contribution is 2.42. The quantitative estimate of drug-likeness (QED) is 0.589. The van der Waals surface area contributed by atoms with Gasteiger partial charge in [0.15, 0.2) is 11.4 Å². The van der Waals surface area contributed by atoms with Crippen LogP contribution in [0.1, 0.15) is 29.9 Å². The van der Waals surface area contributed by atoms with E-state index in [1.165, 1.54) is 0 Å². The molecule has 0 aromatic heterocycles. The molecule has 2 fully saturated rings. The van der Waals surface area contributed by atoms with Crippen LogP contribution in [-0.2, 0) is 19.1 Å². The topological polar surface area (TPSA) is 52.6 Å². The Hall–Kier alpha value is -1.39. The van der Waals surface area contributed by atoms with Gasteiger partial charge in [-0.1, -0.05) is 23.7 Å². The highest BCUT2D eigenvalue weighted by Gasteiger charge is 2.57. The Labute approximate surface area is 122 Å². The Morgan fingerprint density at radius 1 is 1.35 bits per heavy atom. The average Bonchev–Trinajstić information content (AvgIpc) is 2.64. The molecule has 0 radical (unpaired) electrons. The normalized spacial score (nSPS) is 29.8. The molecule has 0 saturated carbocycles. The molecule has 106 valence electrons. The molecule has 2 aliphatic rings. The van der Waals surface area contributed by atoms with Crippen LogP contribution >= 0.6 is 11.6 Å². The molecule has 1 spiro atoms. The van der Waals surface area contributed by atoms with Crippen molar-refractivity contribution in [2.24, 2.45) is 0 Å². The second-order valence-electron chi connectivity index (χ2n) is 5.34. The molecule has 0 bridgehead atoms. The first-order chi connectivity index (χ1) is 9.55. The molecule has 1 aromatic rings. The van der Waals surface area contributed by atoms with Crippen LogP contribution in [0.3, 0.4) is 0 Å². The first-order valence-corrected chi connectivity index (χ1v) is 7.03. The molecular formula is C15H15ClO4. The number of ether oxygens (including phenoxy) is 2. The van der Waals surface area contributed by atoms with E-state index in [1.807, 2.05) is 13.0 Å². The molecule has 2 aliphatic heterocycles. The van der Waals surface area contributed by atoms with Crippen LogP contribution in [-0.4, -0.2) is 30.6 Å². The smallest absolute Gasteiger partial charge is 0.322 e. The standard InChI is InChI=1S/C15H15ClO4/c1-9-4-2-5-10(16)11(9)12-13(17)15(20-14(12)18)6-3-7-19-8-15/h2,4-5,12H,3,6-8H2,1H3. The molecule has 3 rings (SSSR count). The molecule has 2 saturated heterocycles. The van der Waals surface area contributed by atoms with Gasteiger partial charge >= 0.3 is 5.97 Å². The van der Waals surface area contributed by atoms with Crippen molar-refractivity contribution < 1.29 is 19.1 Å². The van der Waals surface area contributed by atoms with E-state index in [4.69, 9.17) is 21.1 Å². The van der Waals surface area contributed by atoms with Crippen LogP contribution in [0.15, 0.2) is 18.2 Å². The number of aryl methyl sites for hydroxylation is 1. The lowest BCUT2D eigenvalue weighted by Gasteiger charge is -2.29. The number of esters is 1. The number of ketones is 1. The number of hydrogen-bond donors (Lipinski definition) is 0. The fraction of sp³-hybridized carbons (Fsp3) is 0.467. The summed E-state index contributed by atoms with van der Waals surface area (Å²) in [7, 11) is 0. The lowest BCUT2D eigenvalue weighted by atomic mass is 9.83. The third-order valence-electron chi connectivity index (χ3n) is 4.01. The van der Waals surface area contributed by atoms with Crippen molar-refractivity contribution in [3.63, 3.8) is 0 Å². The molecule has 0 amide bonds. The van der Waals surface area contributed by atoms with Gasteiger partial charge in [-0.2, -0.15) is 0 Å². The number of halogens is 1. The third kappa shape index (κ3) is 1.95. The maximum absolute atomic E-state index is 12.7. The zero-order chi connectivity index (χ0) is 14.3. The lowest BCUT2D eigenvalue weighted by Crippen LogP contribution is -2.45. The van der Waals surface area contributed by atoms with E-state index in [9.17, 15) is 9.59 Å². The summed E-state index contributed by atoms with van der Waals surface area (Å²) < 4.78 is 10.7. The monoisotopic (exact) mass is 294 g/mol. The fourth-order valence-corrected chi connectivity index (χ4v) is 3.31. The number of carbonyl (C=O) groups is 2. The molecule has 5 heteroatoms. The van der Waals surface area contributed by atoms with Crippen molar-refractivity contribution in [3.8, 4) is 0 Å². The number of Topliss-reactive ketones (excluding diaryl/α,β-unsaturated/α-hetero) is 1. The highest BCUT2D eigenvalue weighted by atomic mass is 35.5. The Morgan fingerprint density at radius 2 is 2.15 bits per heavy atom. The fourth-order valence-electron chi connectivity index (χ4n) is 2.98. The average molecular weight is 295 g/mol. The molecular weight excluding hydrogens is 280 g/mol. The predicted octanol–water partition coefficient (Wildman–Crippen LogP) is 2.41. The molecule has 1 aromatic carbocycles. The first-order valence-electron chi connectivity index (χ1n) is 6.65. The van der Waals surface area contributed by atoms with Gasteiger partial charge in [0, 0.05) is 11.6 Å². The van der Waals surface area contributed by atoms with Crippen LogP contribution in [0.25, 0.3) is 0 Å². The van der Waals surface area contributed by atoms with Gasteiger partial charge in [-0.15, -0.1) is 0 Å². The Kier molecular flexibility index (Phi) is 3.30. The molecule has 2 unspecified atom stereocenters. The Bertz CT molecular complexity index is 555. The van der Waals surface area contributed by atoms with Gasteiger partial charge in [-0.25, -0.2) is 0 Å². The van der Waals surface area contributed by atoms with Crippen LogP contribution in [0.2, 0.25) is 5.02 Å². The van der Waals surface area contributed by atoms with Crippen LogP contribution in [0, 0.1) is 6.92 Å². The first kappa shape index (κ1) is 13.6. The minimum atomic E-state index is -1.11. The number of rotatable bonds is 1. The molecule has 2 heterocycles. The summed E-state index contributed by atoms with van der Waals surface area (Å²) in [5.41, 5.74) is 0.277. The third-order valence-corrected chi connectivity index (χ3v) is 4.34. The summed E-state index contributed by atoms with van der Waals surface area (Å²) in [6.45, 7) is 2.59. The molecule has 0 aliphatic carbocycles. The SMILES string of the molecule is Cc1cccc(Cl)c1C1C(=O)OC2(CCCOC2)C1=O. The second-order valence-corrected chi connectivity index (χ2v) is 5.75. The summed E-state index contributed by atoms with van der Waals surface area (Å²) in [4.78, 5) is 24.9. The van der Waals surface area contributed by atoms with Gasteiger partial charge < -0.3 is 9.47 Å². The van der Waals surface area contributed by atoms with Crippen molar-refractivity contribution in [2.45, 2.75) is 31.3 Å². The van der Waals surface area contributed by atoms with Gasteiger partial charge in [0.2, 0.25) is 0 Å². The van der Waals surface area contributed by atoms with E-state index in [2.05, 4.69) is 0 Å². The largest absolute Gasteiger partial charge is 0.448 e. The molecule has 4 nitrogen and oxygen atoms in total. The van der Waals surface area contributed by atoms with Crippen LogP contribution in [0.4, 0.5) is 0 Å². The summed E-state index contributed by atoms with van der Waals surface area (Å²) in [5, 5.41) is 0.425. The predicted molar refractivity (Wildman–Crippen MR) is 72.8 cm³/mol. The minimum Gasteiger partial charge on any atom is -0.448 e. The van der Waals surface area contributed by atoms with Crippen molar-refractivity contribution in [2.75, 3.05) is 13.2 Å². The van der Waals surface area contributed by atoms with E-state index < -0.39 is 17.5 Å². The highest BCUT2D eigenvalue weighted by molar-refractivity contribution is 6.32. The van der Waals surface area contributed by atoms with E-state index in [0.717, 1.165) is 5.56 Å². The van der Waals surface area contributed by atoms with Gasteiger partial charge in [0.25, 0.3) is 0 Å². The van der Waals surface area contributed by atoms with Crippen LogP contribution in [0.5, 0.6) is 0 Å². The summed E-state index contributed by atoms with van der Waals surface area (Å²) in [6.07, 6.45) is 1.24. The van der Waals surface area contributed by atoms with E-state index in [-0.39, 0.29) is 12.4 Å². The summed E-state index contributed by atoms with van der Waals surface area (Å²) in [5.74, 6) is -1.67. The Balaban J connectivity index is 2.03. The van der Waals surface area contributed by atoms with Gasteiger partial charge in [0.05, 0.1) is 6.61 Å². The second kappa shape index (κ2) is 4.86. The maximum Gasteiger partial charge on any atom is 0.322 e. The maximum atomic E-state index is 12.7. The van der Waals surface area contributed by atoms with Crippen molar-refractivity contribution >= 4 is 23.4 Å². The number of benzene rings is 1. The summed E-state index contributed by atoms with van der Waals surface area (Å²) >= 11 is 6.18. The van der Waals surface area contributed by atoms with E-state index in [1.54, 1.807) is 12.1 Å². The van der Waals surface area contributed by atoms with Crippen molar-refractivity contribution in [3.05, 3.63) is 34.3 Å². The zero-order valence-electron chi connectivity index (χ0n) is 11.1. The van der Waals surface area contributed by atoms with Gasteiger partial charge in [-0.05, 0) is 37.0 Å². The zero-order valence-corrected chi connectivity index (χ0v) is 11.9. The molecule has 20 heavy (non-hydrogen) atoms. The van der Waals surface area contributed by atoms with Crippen molar-refractivity contribution in [1.29, 1.82) is 0 Å². The minimum absolute atomic E-state index is 0.150. The lowest BCUT2D eigenvalue weighted by molar-refractivity contribution is -0.164. The van der Waals surface area contributed by atoms with Gasteiger partial charge in [0.1, 0.15) is 5.92 Å². The number of carbonyl (C=O) groups excluding carboxylic acids is 2. The van der Waals surface area contributed by atoms with E-state index in [0.29, 0.717) is 30.0 Å². The van der Waals surface area contributed by atoms with Gasteiger partial charge in [-0.3, -0.25) is 9.59 Å².